The average molecular weight is 320 g/mol. The molecular formula is C18H26BFO3. The van der Waals surface area contributed by atoms with Gasteiger partial charge in [-0.3, -0.25) is 0 Å². The van der Waals surface area contributed by atoms with Gasteiger partial charge in [-0.15, -0.1) is 0 Å². The van der Waals surface area contributed by atoms with E-state index in [9.17, 15) is 0 Å². The lowest BCUT2D eigenvalue weighted by Gasteiger charge is -2.32. The molecular weight excluding hydrogens is 294 g/mol. The summed E-state index contributed by atoms with van der Waals surface area (Å²) in [6, 6.07) is 7.75. The smallest absolute Gasteiger partial charge is 0.398 e. The Morgan fingerprint density at radius 2 is 1.70 bits per heavy atom. The van der Waals surface area contributed by atoms with Crippen LogP contribution in [0.2, 0.25) is 0 Å². The van der Waals surface area contributed by atoms with Gasteiger partial charge < -0.3 is 14.0 Å². The molecule has 1 heterocycles. The molecule has 0 N–H and O–H groups in total. The first-order valence-electron chi connectivity index (χ1n) is 7.99. The summed E-state index contributed by atoms with van der Waals surface area (Å²) in [7, 11) is 0.633. The van der Waals surface area contributed by atoms with Crippen molar-refractivity contribution in [2.24, 2.45) is 0 Å². The van der Waals surface area contributed by atoms with E-state index in [1.165, 1.54) is 0 Å². The lowest BCUT2D eigenvalue weighted by atomic mass is 9.81. The first-order valence-corrected chi connectivity index (χ1v) is 7.99. The maximum atomic E-state index is 15.2. The van der Waals surface area contributed by atoms with Crippen LogP contribution in [0.15, 0.2) is 30.0 Å². The van der Waals surface area contributed by atoms with Crippen molar-refractivity contribution < 1.29 is 18.4 Å². The first-order chi connectivity index (χ1) is 10.7. The van der Waals surface area contributed by atoms with Gasteiger partial charge in [0.2, 0.25) is 0 Å². The molecule has 0 unspecified atom stereocenters. The van der Waals surface area contributed by atoms with Crippen molar-refractivity contribution >= 4 is 12.7 Å². The number of benzene rings is 1. The predicted molar refractivity (Wildman–Crippen MR) is 91.8 cm³/mol. The summed E-state index contributed by atoms with van der Waals surface area (Å²) in [6.45, 7) is 10.1. The van der Waals surface area contributed by atoms with E-state index in [0.29, 0.717) is 18.6 Å². The van der Waals surface area contributed by atoms with Crippen LogP contribution < -0.4 is 0 Å². The van der Waals surface area contributed by atoms with E-state index in [4.69, 9.17) is 14.0 Å². The Kier molecular flexibility index (Phi) is 5.34. The fraction of sp³-hybridized carbons (Fsp3) is 0.556. The van der Waals surface area contributed by atoms with Gasteiger partial charge in [0.05, 0.1) is 17.8 Å². The second-order valence-electron chi connectivity index (χ2n) is 6.97. The number of ether oxygens (including phenoxy) is 1. The van der Waals surface area contributed by atoms with E-state index in [0.717, 1.165) is 11.1 Å². The zero-order valence-electron chi connectivity index (χ0n) is 14.9. The lowest BCUT2D eigenvalue weighted by molar-refractivity contribution is 0.00578. The van der Waals surface area contributed by atoms with Crippen molar-refractivity contribution in [3.05, 3.63) is 41.1 Å². The van der Waals surface area contributed by atoms with Gasteiger partial charge in [-0.25, -0.2) is 4.39 Å². The van der Waals surface area contributed by atoms with E-state index in [1.54, 1.807) is 7.11 Å². The van der Waals surface area contributed by atoms with Crippen molar-refractivity contribution in [3.63, 3.8) is 0 Å². The molecule has 0 atom stereocenters. The molecule has 2 rings (SSSR count). The molecule has 126 valence electrons. The van der Waals surface area contributed by atoms with Gasteiger partial charge in [0.25, 0.3) is 0 Å². The Balaban J connectivity index is 2.41. The summed E-state index contributed by atoms with van der Waals surface area (Å²) in [4.78, 5) is 0. The molecule has 1 aliphatic heterocycles. The van der Waals surface area contributed by atoms with Crippen LogP contribution in [-0.4, -0.2) is 32.0 Å². The van der Waals surface area contributed by atoms with Crippen LogP contribution in [0.1, 0.15) is 45.2 Å². The summed E-state index contributed by atoms with van der Waals surface area (Å²) in [5.41, 5.74) is 0.987. The molecule has 0 bridgehead atoms. The second kappa shape index (κ2) is 6.75. The molecule has 0 spiro atoms. The third-order valence-electron chi connectivity index (χ3n) is 4.77. The molecule has 1 aromatic rings. The van der Waals surface area contributed by atoms with Gasteiger partial charge in [-0.05, 0) is 57.7 Å². The monoisotopic (exact) mass is 320 g/mol. The largest absolute Gasteiger partial charge is 0.525 e. The van der Waals surface area contributed by atoms with Crippen molar-refractivity contribution in [2.75, 3.05) is 13.7 Å². The fourth-order valence-electron chi connectivity index (χ4n) is 2.59. The van der Waals surface area contributed by atoms with Crippen LogP contribution in [0.4, 0.5) is 4.39 Å². The van der Waals surface area contributed by atoms with Crippen LogP contribution in [-0.2, 0) is 14.0 Å². The van der Waals surface area contributed by atoms with E-state index < -0.39 is 18.3 Å². The highest BCUT2D eigenvalue weighted by molar-refractivity contribution is 6.55. The molecule has 0 aromatic heterocycles. The third-order valence-corrected chi connectivity index (χ3v) is 4.77. The standard InChI is InChI=1S/C18H26BFO3/c1-13-9-7-8-10-14(13)15(11-12-21-6)16(20)19-22-17(2,3)18(4,5)23-19/h7-10H,11-12H2,1-6H3. The van der Waals surface area contributed by atoms with Gasteiger partial charge in [0.1, 0.15) is 5.73 Å². The van der Waals surface area contributed by atoms with Crippen LogP contribution in [0, 0.1) is 6.92 Å². The summed E-state index contributed by atoms with van der Waals surface area (Å²) in [6.07, 6.45) is 0.470. The number of halogens is 1. The topological polar surface area (TPSA) is 27.7 Å². The molecule has 0 aliphatic carbocycles. The maximum Gasteiger partial charge on any atom is 0.525 e. The Morgan fingerprint density at radius 1 is 1.13 bits per heavy atom. The average Bonchev–Trinajstić information content (AvgIpc) is 2.69. The van der Waals surface area contributed by atoms with Crippen LogP contribution in [0.25, 0.3) is 5.57 Å². The minimum Gasteiger partial charge on any atom is -0.398 e. The van der Waals surface area contributed by atoms with Gasteiger partial charge >= 0.3 is 7.12 Å². The summed E-state index contributed by atoms with van der Waals surface area (Å²) < 4.78 is 32.1. The van der Waals surface area contributed by atoms with E-state index in [2.05, 4.69) is 0 Å². The Labute approximate surface area is 139 Å². The SMILES string of the molecule is COCCC(=C(F)B1OC(C)(C)C(C)(C)O1)c1ccccc1C. The molecule has 23 heavy (non-hydrogen) atoms. The van der Waals surface area contributed by atoms with Crippen LogP contribution in [0.3, 0.4) is 0 Å². The highest BCUT2D eigenvalue weighted by Gasteiger charge is 2.53. The number of hydrogen-bond acceptors (Lipinski definition) is 3. The molecule has 1 aromatic carbocycles. The normalized spacial score (nSPS) is 20.6. The predicted octanol–water partition coefficient (Wildman–Crippen LogP) is 4.34. The highest BCUT2D eigenvalue weighted by Crippen LogP contribution is 2.40. The van der Waals surface area contributed by atoms with E-state index >= 15 is 4.39 Å². The quantitative estimate of drug-likeness (QED) is 0.755. The summed E-state index contributed by atoms with van der Waals surface area (Å²) in [5.74, 6) is 0. The Morgan fingerprint density at radius 3 is 2.22 bits per heavy atom. The van der Waals surface area contributed by atoms with Gasteiger partial charge in [-0.1, -0.05) is 24.3 Å². The summed E-state index contributed by atoms with van der Waals surface area (Å²) in [5, 5.41) is 0. The zero-order valence-corrected chi connectivity index (χ0v) is 14.9. The van der Waals surface area contributed by atoms with Crippen molar-refractivity contribution in [1.82, 2.24) is 0 Å². The molecule has 0 radical (unpaired) electrons. The third kappa shape index (κ3) is 3.68. The van der Waals surface area contributed by atoms with Gasteiger partial charge in [0, 0.05) is 7.11 Å². The molecule has 0 saturated carbocycles. The van der Waals surface area contributed by atoms with E-state index in [-0.39, 0.29) is 5.73 Å². The van der Waals surface area contributed by atoms with Crippen LogP contribution in [0.5, 0.6) is 0 Å². The van der Waals surface area contributed by atoms with Crippen molar-refractivity contribution in [2.45, 2.75) is 52.2 Å². The molecule has 1 fully saturated rings. The molecule has 1 saturated heterocycles. The number of hydrogen-bond donors (Lipinski definition) is 0. The molecule has 0 amide bonds. The molecule has 5 heteroatoms. The number of aryl methyl sites for hydroxylation is 1. The fourth-order valence-corrected chi connectivity index (χ4v) is 2.59. The Bertz CT molecular complexity index is 580. The van der Waals surface area contributed by atoms with Gasteiger partial charge in [0.15, 0.2) is 0 Å². The summed E-state index contributed by atoms with van der Waals surface area (Å²) >= 11 is 0. The maximum absolute atomic E-state index is 15.2. The van der Waals surface area contributed by atoms with Crippen molar-refractivity contribution in [1.29, 1.82) is 0 Å². The Hall–Kier alpha value is -1.17. The first kappa shape index (κ1) is 18.2. The minimum absolute atomic E-state index is 0.366. The van der Waals surface area contributed by atoms with E-state index in [1.807, 2.05) is 58.9 Å². The second-order valence-corrected chi connectivity index (χ2v) is 6.97. The number of methoxy groups -OCH3 is 1. The highest BCUT2D eigenvalue weighted by atomic mass is 19.1. The van der Waals surface area contributed by atoms with Crippen molar-refractivity contribution in [3.8, 4) is 0 Å². The lowest BCUT2D eigenvalue weighted by Crippen LogP contribution is -2.41. The number of rotatable bonds is 5. The van der Waals surface area contributed by atoms with Crippen LogP contribution >= 0.6 is 0 Å². The minimum atomic E-state index is -0.980. The molecule has 1 aliphatic rings. The molecule has 3 nitrogen and oxygen atoms in total. The zero-order chi connectivity index (χ0) is 17.3. The van der Waals surface area contributed by atoms with Gasteiger partial charge in [-0.2, -0.15) is 0 Å².